The molecule has 0 saturated carbocycles. The average molecular weight is 406 g/mol. The molecule has 1 aromatic rings. The van der Waals surface area contributed by atoms with Crippen molar-refractivity contribution in [3.63, 3.8) is 0 Å². The second-order valence-corrected chi connectivity index (χ2v) is 6.63. The Balaban J connectivity index is 0.000000533. The summed E-state index contributed by atoms with van der Waals surface area (Å²) in [7, 11) is -4.02. The van der Waals surface area contributed by atoms with Crippen LogP contribution in [0.25, 0.3) is 0 Å². The lowest BCUT2D eigenvalue weighted by Crippen LogP contribution is -2.12. The normalized spacial score (nSPS) is 10.9. The molecule has 1 aromatic carbocycles. The molecular formula is C18H30O8S. The zero-order valence-corrected chi connectivity index (χ0v) is 16.5. The van der Waals surface area contributed by atoms with Crippen molar-refractivity contribution in [1.29, 1.82) is 0 Å². The lowest BCUT2D eigenvalue weighted by Gasteiger charge is -2.06. The van der Waals surface area contributed by atoms with Crippen LogP contribution >= 0.6 is 0 Å². The molecule has 1 rings (SSSR count). The zero-order valence-electron chi connectivity index (χ0n) is 15.7. The Morgan fingerprint density at radius 3 is 1.74 bits per heavy atom. The minimum Gasteiger partial charge on any atom is -0.394 e. The smallest absolute Gasteiger partial charge is 0.294 e. The van der Waals surface area contributed by atoms with Gasteiger partial charge < -0.3 is 24.1 Å². The van der Waals surface area contributed by atoms with E-state index in [1.807, 2.05) is 6.92 Å². The molecule has 0 aliphatic heterocycles. The SMILES string of the molecule is C=CCOCCOCCOCCOCCO.Cc1ccc(S(=O)(=O)O)cc1. The van der Waals surface area contributed by atoms with Gasteiger partial charge in [-0.25, -0.2) is 0 Å². The lowest BCUT2D eigenvalue weighted by molar-refractivity contribution is -0.00323. The van der Waals surface area contributed by atoms with Crippen LogP contribution in [0.4, 0.5) is 0 Å². The Labute approximate surface area is 161 Å². The van der Waals surface area contributed by atoms with Crippen molar-refractivity contribution in [2.75, 3.05) is 59.5 Å². The van der Waals surface area contributed by atoms with E-state index >= 15 is 0 Å². The van der Waals surface area contributed by atoms with E-state index in [4.69, 9.17) is 28.6 Å². The van der Waals surface area contributed by atoms with Gasteiger partial charge in [0.05, 0.1) is 64.4 Å². The fourth-order valence-corrected chi connectivity index (χ4v) is 2.08. The molecule has 27 heavy (non-hydrogen) atoms. The van der Waals surface area contributed by atoms with Gasteiger partial charge in [0.2, 0.25) is 0 Å². The van der Waals surface area contributed by atoms with Gasteiger partial charge in [0.25, 0.3) is 10.1 Å². The number of hydrogen-bond acceptors (Lipinski definition) is 7. The number of aryl methyl sites for hydroxylation is 1. The van der Waals surface area contributed by atoms with Gasteiger partial charge in [-0.3, -0.25) is 4.55 Å². The van der Waals surface area contributed by atoms with Crippen molar-refractivity contribution in [3.8, 4) is 0 Å². The molecule has 0 amide bonds. The zero-order chi connectivity index (χ0) is 20.4. The second-order valence-electron chi connectivity index (χ2n) is 5.21. The maximum absolute atomic E-state index is 10.5. The number of ether oxygens (including phenoxy) is 4. The molecule has 0 aliphatic rings. The van der Waals surface area contributed by atoms with Crippen molar-refractivity contribution in [2.24, 2.45) is 0 Å². The summed E-state index contributed by atoms with van der Waals surface area (Å²) in [6, 6.07) is 5.99. The van der Waals surface area contributed by atoms with Crippen LogP contribution in [0.2, 0.25) is 0 Å². The quantitative estimate of drug-likeness (QED) is 0.271. The molecule has 0 heterocycles. The van der Waals surface area contributed by atoms with Gasteiger partial charge in [-0.1, -0.05) is 23.8 Å². The standard InChI is InChI=1S/C11H22O5.C7H8O3S/c1-2-4-13-6-8-15-10-11-16-9-7-14-5-3-12;1-6-2-4-7(5-3-6)11(8,9)10/h2,12H,1,3-11H2;2-5H,1H3,(H,8,9,10). The molecule has 0 atom stereocenters. The Bertz CT molecular complexity index is 572. The molecule has 0 radical (unpaired) electrons. The topological polar surface area (TPSA) is 112 Å². The van der Waals surface area contributed by atoms with Crippen molar-refractivity contribution >= 4 is 10.1 Å². The molecule has 0 unspecified atom stereocenters. The van der Waals surface area contributed by atoms with Crippen LogP contribution in [0.5, 0.6) is 0 Å². The minimum atomic E-state index is -4.02. The number of benzene rings is 1. The molecule has 8 nitrogen and oxygen atoms in total. The van der Waals surface area contributed by atoms with Crippen molar-refractivity contribution < 1.29 is 37.0 Å². The van der Waals surface area contributed by atoms with Crippen LogP contribution < -0.4 is 0 Å². The molecule has 9 heteroatoms. The summed E-state index contributed by atoms with van der Waals surface area (Å²) in [5, 5.41) is 8.42. The van der Waals surface area contributed by atoms with Crippen LogP contribution in [0, 0.1) is 6.92 Å². The largest absolute Gasteiger partial charge is 0.394 e. The lowest BCUT2D eigenvalue weighted by atomic mass is 10.2. The van der Waals surface area contributed by atoms with Crippen molar-refractivity contribution in [1.82, 2.24) is 0 Å². The molecule has 0 fully saturated rings. The maximum Gasteiger partial charge on any atom is 0.294 e. The number of aliphatic hydroxyl groups excluding tert-OH is 1. The summed E-state index contributed by atoms with van der Waals surface area (Å²) in [4.78, 5) is -0.0666. The van der Waals surface area contributed by atoms with E-state index in [0.717, 1.165) is 5.56 Å². The van der Waals surface area contributed by atoms with E-state index in [9.17, 15) is 8.42 Å². The summed E-state index contributed by atoms with van der Waals surface area (Å²) in [6.07, 6.45) is 1.70. The van der Waals surface area contributed by atoms with Gasteiger partial charge in [-0.05, 0) is 19.1 Å². The first kappa shape index (κ1) is 25.7. The van der Waals surface area contributed by atoms with Crippen LogP contribution in [0.3, 0.4) is 0 Å². The first-order valence-electron chi connectivity index (χ1n) is 8.48. The highest BCUT2D eigenvalue weighted by Crippen LogP contribution is 2.08. The van der Waals surface area contributed by atoms with E-state index in [2.05, 4.69) is 6.58 Å². The van der Waals surface area contributed by atoms with E-state index in [1.54, 1.807) is 18.2 Å². The van der Waals surface area contributed by atoms with E-state index in [1.165, 1.54) is 12.1 Å². The third-order valence-electron chi connectivity index (χ3n) is 2.91. The molecule has 0 bridgehead atoms. The van der Waals surface area contributed by atoms with Crippen molar-refractivity contribution in [2.45, 2.75) is 11.8 Å². The van der Waals surface area contributed by atoms with Crippen LogP contribution in [-0.4, -0.2) is 77.5 Å². The Morgan fingerprint density at radius 1 is 0.889 bits per heavy atom. The fraction of sp³-hybridized carbons (Fsp3) is 0.556. The first-order valence-corrected chi connectivity index (χ1v) is 9.92. The fourth-order valence-electron chi connectivity index (χ4n) is 1.60. The van der Waals surface area contributed by atoms with Crippen molar-refractivity contribution in [3.05, 3.63) is 42.5 Å². The van der Waals surface area contributed by atoms with Gasteiger partial charge in [0.15, 0.2) is 0 Å². The number of hydrogen-bond donors (Lipinski definition) is 2. The molecule has 0 saturated heterocycles. The predicted octanol–water partition coefficient (Wildman–Crippen LogP) is 1.47. The summed E-state index contributed by atoms with van der Waals surface area (Å²) < 4.78 is 50.2. The summed E-state index contributed by atoms with van der Waals surface area (Å²) in [5.41, 5.74) is 0.956. The van der Waals surface area contributed by atoms with Crippen LogP contribution in [-0.2, 0) is 29.1 Å². The monoisotopic (exact) mass is 406 g/mol. The van der Waals surface area contributed by atoms with E-state index in [0.29, 0.717) is 52.9 Å². The molecule has 156 valence electrons. The van der Waals surface area contributed by atoms with Gasteiger partial charge >= 0.3 is 0 Å². The first-order chi connectivity index (χ1) is 12.9. The third-order valence-corrected chi connectivity index (χ3v) is 3.77. The average Bonchev–Trinajstić information content (AvgIpc) is 2.63. The molecule has 2 N–H and O–H groups in total. The van der Waals surface area contributed by atoms with Gasteiger partial charge in [0.1, 0.15) is 0 Å². The Kier molecular flexibility index (Phi) is 16.0. The number of aliphatic hydroxyl groups is 1. The van der Waals surface area contributed by atoms with Gasteiger partial charge in [-0.2, -0.15) is 8.42 Å². The molecule has 0 aromatic heterocycles. The highest BCUT2D eigenvalue weighted by atomic mass is 32.2. The maximum atomic E-state index is 10.5. The predicted molar refractivity (Wildman–Crippen MR) is 102 cm³/mol. The van der Waals surface area contributed by atoms with Crippen LogP contribution in [0.1, 0.15) is 5.56 Å². The molecular weight excluding hydrogens is 376 g/mol. The Hall–Kier alpha value is -1.33. The second kappa shape index (κ2) is 16.8. The highest BCUT2D eigenvalue weighted by Gasteiger charge is 2.06. The van der Waals surface area contributed by atoms with E-state index < -0.39 is 10.1 Å². The van der Waals surface area contributed by atoms with Gasteiger partial charge in [-0.15, -0.1) is 6.58 Å². The number of rotatable bonds is 14. The minimum absolute atomic E-state index is 0.0494. The van der Waals surface area contributed by atoms with E-state index in [-0.39, 0.29) is 11.5 Å². The Morgan fingerprint density at radius 2 is 1.33 bits per heavy atom. The summed E-state index contributed by atoms with van der Waals surface area (Å²) in [5.74, 6) is 0. The third kappa shape index (κ3) is 16.6. The van der Waals surface area contributed by atoms with Gasteiger partial charge in [0, 0.05) is 0 Å². The highest BCUT2D eigenvalue weighted by molar-refractivity contribution is 7.85. The molecule has 0 spiro atoms. The summed E-state index contributed by atoms with van der Waals surface area (Å²) in [6.45, 7) is 9.61. The summed E-state index contributed by atoms with van der Waals surface area (Å²) >= 11 is 0. The van der Waals surface area contributed by atoms with Crippen LogP contribution in [0.15, 0.2) is 41.8 Å². The molecule has 0 aliphatic carbocycles.